The molecule has 0 spiro atoms. The van der Waals surface area contributed by atoms with Crippen LogP contribution in [0.25, 0.3) is 21.9 Å². The second kappa shape index (κ2) is 5.06. The van der Waals surface area contributed by atoms with E-state index in [9.17, 15) is 9.18 Å². The van der Waals surface area contributed by atoms with Gasteiger partial charge in [-0.15, -0.1) is 0 Å². The number of rotatable bonds is 2. The highest BCUT2D eigenvalue weighted by Crippen LogP contribution is 2.33. The number of hydrogen-bond donors (Lipinski definition) is 0. The van der Waals surface area contributed by atoms with Gasteiger partial charge in [-0.25, -0.2) is 4.39 Å². The molecule has 0 N–H and O–H groups in total. The van der Waals surface area contributed by atoms with Crippen LogP contribution < -0.4 is 0 Å². The first-order valence-corrected chi connectivity index (χ1v) is 6.51. The molecule has 3 rings (SSSR count). The minimum absolute atomic E-state index is 0.0570. The van der Waals surface area contributed by atoms with Crippen molar-refractivity contribution < 1.29 is 9.18 Å². The van der Waals surface area contributed by atoms with Gasteiger partial charge < -0.3 is 0 Å². The molecule has 98 valence electrons. The molecule has 0 aliphatic heterocycles. The smallest absolute Gasteiger partial charge is 0.153 e. The lowest BCUT2D eigenvalue weighted by atomic mass is 9.97. The van der Waals surface area contributed by atoms with Gasteiger partial charge in [-0.1, -0.05) is 48.0 Å². The summed E-state index contributed by atoms with van der Waals surface area (Å²) in [5, 5.41) is 2.58. The van der Waals surface area contributed by atoms with Gasteiger partial charge in [-0.2, -0.15) is 0 Å². The summed E-state index contributed by atoms with van der Waals surface area (Å²) in [4.78, 5) is 10.9. The monoisotopic (exact) mass is 284 g/mol. The molecular weight excluding hydrogens is 275 g/mol. The van der Waals surface area contributed by atoms with Gasteiger partial charge in [0.05, 0.1) is 5.56 Å². The zero-order valence-corrected chi connectivity index (χ0v) is 11.2. The van der Waals surface area contributed by atoms with Crippen molar-refractivity contribution in [3.05, 3.63) is 71.0 Å². The van der Waals surface area contributed by atoms with Crippen LogP contribution in [-0.4, -0.2) is 6.29 Å². The molecule has 20 heavy (non-hydrogen) atoms. The molecular formula is C17H10ClFO. The van der Waals surface area contributed by atoms with Crippen LogP contribution in [0.1, 0.15) is 10.4 Å². The number of halogens is 2. The summed E-state index contributed by atoms with van der Waals surface area (Å²) < 4.78 is 13.4. The molecule has 0 radical (unpaired) electrons. The van der Waals surface area contributed by atoms with Gasteiger partial charge in [-0.3, -0.25) is 4.79 Å². The van der Waals surface area contributed by atoms with E-state index in [1.165, 1.54) is 6.07 Å². The lowest BCUT2D eigenvalue weighted by Gasteiger charge is -2.09. The number of benzene rings is 3. The molecule has 3 aromatic rings. The fourth-order valence-corrected chi connectivity index (χ4v) is 2.54. The minimum atomic E-state index is -0.512. The number of hydrogen-bond acceptors (Lipinski definition) is 1. The zero-order valence-electron chi connectivity index (χ0n) is 10.4. The van der Waals surface area contributed by atoms with E-state index in [2.05, 4.69) is 0 Å². The summed E-state index contributed by atoms with van der Waals surface area (Å²) in [6.45, 7) is 0. The van der Waals surface area contributed by atoms with E-state index in [-0.39, 0.29) is 5.56 Å². The van der Waals surface area contributed by atoms with Crippen LogP contribution in [-0.2, 0) is 0 Å². The maximum atomic E-state index is 13.4. The van der Waals surface area contributed by atoms with Crippen LogP contribution in [0.5, 0.6) is 0 Å². The SMILES string of the molecule is O=Cc1cc(-c2ccc(Cl)c3ccccc23)ccc1F. The van der Waals surface area contributed by atoms with Gasteiger partial charge >= 0.3 is 0 Å². The lowest BCUT2D eigenvalue weighted by molar-refractivity contribution is 0.112. The van der Waals surface area contributed by atoms with E-state index < -0.39 is 5.82 Å². The van der Waals surface area contributed by atoms with Crippen molar-refractivity contribution in [2.24, 2.45) is 0 Å². The topological polar surface area (TPSA) is 17.1 Å². The van der Waals surface area contributed by atoms with Gasteiger partial charge in [0.25, 0.3) is 0 Å². The molecule has 0 heterocycles. The Morgan fingerprint density at radius 1 is 0.950 bits per heavy atom. The molecule has 0 atom stereocenters. The summed E-state index contributed by atoms with van der Waals surface area (Å²) in [6.07, 6.45) is 0.525. The molecule has 1 nitrogen and oxygen atoms in total. The molecule has 0 unspecified atom stereocenters. The molecule has 0 bridgehead atoms. The Labute approximate surface area is 120 Å². The lowest BCUT2D eigenvalue weighted by Crippen LogP contribution is -1.89. The van der Waals surface area contributed by atoms with Crippen molar-refractivity contribution in [2.45, 2.75) is 0 Å². The van der Waals surface area contributed by atoms with Gasteiger partial charge in [0, 0.05) is 10.4 Å². The van der Waals surface area contributed by atoms with Crippen LogP contribution in [0, 0.1) is 5.82 Å². The number of carbonyl (C=O) groups is 1. The second-order valence-electron chi connectivity index (χ2n) is 4.49. The highest BCUT2D eigenvalue weighted by atomic mass is 35.5. The Balaban J connectivity index is 2.30. The molecule has 0 amide bonds. The van der Waals surface area contributed by atoms with Crippen LogP contribution in [0.3, 0.4) is 0 Å². The second-order valence-corrected chi connectivity index (χ2v) is 4.90. The summed E-state index contributed by atoms with van der Waals surface area (Å²) in [5.41, 5.74) is 1.77. The van der Waals surface area contributed by atoms with Crippen molar-refractivity contribution >= 4 is 28.7 Å². The van der Waals surface area contributed by atoms with Crippen LogP contribution in [0.15, 0.2) is 54.6 Å². The van der Waals surface area contributed by atoms with Crippen molar-refractivity contribution in [1.29, 1.82) is 0 Å². The molecule has 0 aliphatic carbocycles. The van der Waals surface area contributed by atoms with Crippen molar-refractivity contribution in [3.8, 4) is 11.1 Å². The summed E-state index contributed by atoms with van der Waals surface area (Å²) >= 11 is 6.18. The fourth-order valence-electron chi connectivity index (χ4n) is 2.32. The Bertz CT molecular complexity index is 811. The normalized spacial score (nSPS) is 10.7. The predicted octanol–water partition coefficient (Wildman–Crippen LogP) is 5.11. The maximum absolute atomic E-state index is 13.4. The third-order valence-electron chi connectivity index (χ3n) is 3.30. The van der Waals surface area contributed by atoms with E-state index in [1.807, 2.05) is 36.4 Å². The van der Waals surface area contributed by atoms with Crippen molar-refractivity contribution in [3.63, 3.8) is 0 Å². The Morgan fingerprint density at radius 3 is 2.45 bits per heavy atom. The minimum Gasteiger partial charge on any atom is -0.298 e. The first-order valence-electron chi connectivity index (χ1n) is 6.13. The Kier molecular flexibility index (Phi) is 3.25. The molecule has 0 fully saturated rings. The maximum Gasteiger partial charge on any atom is 0.153 e. The quantitative estimate of drug-likeness (QED) is 0.598. The van der Waals surface area contributed by atoms with E-state index in [1.54, 1.807) is 12.1 Å². The van der Waals surface area contributed by atoms with E-state index >= 15 is 0 Å². The third kappa shape index (κ3) is 2.08. The Morgan fingerprint density at radius 2 is 1.70 bits per heavy atom. The summed E-state index contributed by atoms with van der Waals surface area (Å²) in [7, 11) is 0. The molecule has 0 saturated carbocycles. The van der Waals surface area contributed by atoms with E-state index in [0.717, 1.165) is 21.9 Å². The zero-order chi connectivity index (χ0) is 14.1. The third-order valence-corrected chi connectivity index (χ3v) is 3.63. The number of aldehydes is 1. The van der Waals surface area contributed by atoms with Gasteiger partial charge in [0.2, 0.25) is 0 Å². The largest absolute Gasteiger partial charge is 0.298 e. The molecule has 0 saturated heterocycles. The summed E-state index contributed by atoms with van der Waals surface area (Å²) in [5.74, 6) is -0.512. The Hall–Kier alpha value is -2.19. The average molecular weight is 285 g/mol. The predicted molar refractivity (Wildman–Crippen MR) is 79.7 cm³/mol. The summed E-state index contributed by atoms with van der Waals surface area (Å²) in [6, 6.07) is 16.0. The van der Waals surface area contributed by atoms with E-state index in [0.29, 0.717) is 11.3 Å². The molecule has 3 heteroatoms. The highest BCUT2D eigenvalue weighted by Gasteiger charge is 2.09. The molecule has 3 aromatic carbocycles. The first-order chi connectivity index (χ1) is 9.70. The first kappa shape index (κ1) is 12.8. The van der Waals surface area contributed by atoms with E-state index in [4.69, 9.17) is 11.6 Å². The molecule has 0 aliphatic rings. The van der Waals surface area contributed by atoms with Gasteiger partial charge in [0.15, 0.2) is 6.29 Å². The fraction of sp³-hybridized carbons (Fsp3) is 0. The van der Waals surface area contributed by atoms with Gasteiger partial charge in [0.1, 0.15) is 5.82 Å². The number of fused-ring (bicyclic) bond motifs is 1. The van der Waals surface area contributed by atoms with Crippen LogP contribution >= 0.6 is 11.6 Å². The average Bonchev–Trinajstić information content (AvgIpc) is 2.49. The van der Waals surface area contributed by atoms with Crippen molar-refractivity contribution in [2.75, 3.05) is 0 Å². The van der Waals surface area contributed by atoms with Gasteiger partial charge in [-0.05, 0) is 34.7 Å². The standard InChI is InChI=1S/C17H10ClFO/c18-16-7-6-13(14-3-1-2-4-15(14)16)11-5-8-17(19)12(9-11)10-20/h1-10H. The number of carbonyl (C=O) groups excluding carboxylic acids is 1. The highest BCUT2D eigenvalue weighted by molar-refractivity contribution is 6.36. The van der Waals surface area contributed by atoms with Crippen LogP contribution in [0.4, 0.5) is 4.39 Å². The molecule has 0 aromatic heterocycles. The van der Waals surface area contributed by atoms with Crippen LogP contribution in [0.2, 0.25) is 5.02 Å². The van der Waals surface area contributed by atoms with Crippen molar-refractivity contribution in [1.82, 2.24) is 0 Å².